The zero-order valence-electron chi connectivity index (χ0n) is 15.3. The highest BCUT2D eigenvalue weighted by molar-refractivity contribution is 6.80. The van der Waals surface area contributed by atoms with Crippen molar-refractivity contribution >= 4 is 30.9 Å². The van der Waals surface area contributed by atoms with Gasteiger partial charge in [-0.2, -0.15) is 0 Å². The Kier molecular flexibility index (Phi) is 7.93. The number of hydrogen-bond acceptors (Lipinski definition) is 0. The first-order chi connectivity index (χ1) is 8.29. The van der Waals surface area contributed by atoms with Crippen LogP contribution in [-0.4, -0.2) is 30.9 Å². The maximum absolute atomic E-state index is 2.53. The van der Waals surface area contributed by atoms with Crippen LogP contribution in [-0.2, 0) is 0 Å². The van der Waals surface area contributed by atoms with E-state index in [9.17, 15) is 0 Å². The average molecular weight is 315 g/mol. The van der Waals surface area contributed by atoms with Crippen molar-refractivity contribution in [3.05, 3.63) is 0 Å². The highest BCUT2D eigenvalue weighted by atomic mass is 28.3. The first kappa shape index (κ1) is 19.7. The summed E-state index contributed by atoms with van der Waals surface area (Å²) in [6.07, 6.45) is 4.56. The Balaban J connectivity index is 4.30. The summed E-state index contributed by atoms with van der Waals surface area (Å²) < 4.78 is 0. The minimum atomic E-state index is -0.847. The maximum atomic E-state index is 2.53. The van der Waals surface area contributed by atoms with Gasteiger partial charge in [-0.25, -0.2) is 0 Å². The summed E-state index contributed by atoms with van der Waals surface area (Å²) in [6.45, 7) is 23.8. The molecule has 0 unspecified atom stereocenters. The van der Waals surface area contributed by atoms with Crippen LogP contribution in [0, 0.1) is 0 Å². The lowest BCUT2D eigenvalue weighted by Gasteiger charge is -2.25. The van der Waals surface area contributed by atoms with Crippen molar-refractivity contribution in [1.29, 1.82) is 0 Å². The third-order valence-electron chi connectivity index (χ3n) is 3.91. The van der Waals surface area contributed by atoms with E-state index in [0.717, 1.165) is 6.71 Å². The quantitative estimate of drug-likeness (QED) is 0.426. The SMILES string of the molecule is C[Si](C)(C)CCB(CC[Si](C)(C)C)CC[Si](C)(C)C. The Morgan fingerprint density at radius 2 is 0.684 bits per heavy atom. The Bertz CT molecular complexity index is 203. The van der Waals surface area contributed by atoms with E-state index < -0.39 is 24.2 Å². The van der Waals surface area contributed by atoms with Gasteiger partial charge >= 0.3 is 0 Å². The van der Waals surface area contributed by atoms with Gasteiger partial charge in [0.2, 0.25) is 0 Å². The van der Waals surface area contributed by atoms with Crippen LogP contribution in [0.2, 0.25) is 96.0 Å². The van der Waals surface area contributed by atoms with Crippen molar-refractivity contribution in [3.63, 3.8) is 0 Å². The molecule has 4 heteroatoms. The van der Waals surface area contributed by atoms with Gasteiger partial charge < -0.3 is 0 Å². The Labute approximate surface area is 127 Å². The summed E-state index contributed by atoms with van der Waals surface area (Å²) in [5, 5.41) is 0. The summed E-state index contributed by atoms with van der Waals surface area (Å²) in [5.74, 6) is 0. The van der Waals surface area contributed by atoms with Gasteiger partial charge in [0.15, 0.2) is 0 Å². The highest BCUT2D eigenvalue weighted by Gasteiger charge is 2.24. The van der Waals surface area contributed by atoms with Crippen molar-refractivity contribution in [2.24, 2.45) is 0 Å². The molecule has 0 radical (unpaired) electrons. The molecule has 0 fully saturated rings. The summed E-state index contributed by atoms with van der Waals surface area (Å²) in [7, 11) is -2.54. The van der Waals surface area contributed by atoms with Crippen molar-refractivity contribution < 1.29 is 0 Å². The van der Waals surface area contributed by atoms with E-state index in [0.29, 0.717) is 0 Å². The summed E-state index contributed by atoms with van der Waals surface area (Å²) in [6, 6.07) is 4.61. The molecule has 0 saturated carbocycles. The van der Waals surface area contributed by atoms with Crippen LogP contribution in [0.5, 0.6) is 0 Å². The minimum absolute atomic E-state index is 0.847. The van der Waals surface area contributed by atoms with Crippen molar-refractivity contribution in [2.45, 2.75) is 96.0 Å². The normalized spacial score (nSPS) is 13.7. The zero-order chi connectivity index (χ0) is 15.3. The minimum Gasteiger partial charge on any atom is -0.0765 e. The van der Waals surface area contributed by atoms with E-state index in [2.05, 4.69) is 58.9 Å². The van der Waals surface area contributed by atoms with E-state index in [1.807, 2.05) is 0 Å². The van der Waals surface area contributed by atoms with Crippen molar-refractivity contribution in [2.75, 3.05) is 0 Å². The van der Waals surface area contributed by atoms with E-state index in [4.69, 9.17) is 0 Å². The molecule has 114 valence electrons. The first-order valence-corrected chi connectivity index (χ1v) is 19.4. The molecule has 0 spiro atoms. The largest absolute Gasteiger partial charge is 0.139 e. The Morgan fingerprint density at radius 1 is 0.474 bits per heavy atom. The van der Waals surface area contributed by atoms with E-state index >= 15 is 0 Å². The molecule has 0 aromatic heterocycles. The van der Waals surface area contributed by atoms with E-state index in [1.54, 1.807) is 0 Å². The van der Waals surface area contributed by atoms with Gasteiger partial charge in [0.1, 0.15) is 6.71 Å². The molecule has 0 aromatic rings. The fourth-order valence-electron chi connectivity index (χ4n) is 2.34. The molecule has 0 aliphatic heterocycles. The van der Waals surface area contributed by atoms with Gasteiger partial charge in [0.05, 0.1) is 0 Å². The molecule has 0 rings (SSSR count). The van der Waals surface area contributed by atoms with Gasteiger partial charge in [-0.05, 0) is 0 Å². The van der Waals surface area contributed by atoms with Crippen LogP contribution in [0.3, 0.4) is 0 Å². The maximum Gasteiger partial charge on any atom is 0.139 e. The molecule has 0 N–H and O–H groups in total. The smallest absolute Gasteiger partial charge is 0.0765 e. The molecule has 0 nitrogen and oxygen atoms in total. The predicted molar refractivity (Wildman–Crippen MR) is 105 cm³/mol. The van der Waals surface area contributed by atoms with Gasteiger partial charge in [0.25, 0.3) is 0 Å². The second kappa shape index (κ2) is 7.65. The van der Waals surface area contributed by atoms with Gasteiger partial charge in [0, 0.05) is 24.2 Å². The highest BCUT2D eigenvalue weighted by Crippen LogP contribution is 2.25. The lowest BCUT2D eigenvalue weighted by Crippen LogP contribution is -2.28. The monoisotopic (exact) mass is 314 g/mol. The molecule has 19 heavy (non-hydrogen) atoms. The molecule has 0 atom stereocenters. The lowest BCUT2D eigenvalue weighted by atomic mass is 9.44. The standard InChI is InChI=1S/C15H39BSi3/c1-17(2,3)13-10-16(11-14-18(4,5)6)12-15-19(7,8)9/h10-15H2,1-9H3. The van der Waals surface area contributed by atoms with E-state index in [1.165, 1.54) is 37.1 Å². The topological polar surface area (TPSA) is 0 Å². The predicted octanol–water partition coefficient (Wildman–Crippen LogP) is 6.50. The summed E-state index contributed by atoms with van der Waals surface area (Å²) in [5.41, 5.74) is 0. The number of hydrogen-bond donors (Lipinski definition) is 0. The zero-order valence-corrected chi connectivity index (χ0v) is 18.3. The van der Waals surface area contributed by atoms with Crippen molar-refractivity contribution in [1.82, 2.24) is 0 Å². The summed E-state index contributed by atoms with van der Waals surface area (Å²) in [4.78, 5) is 0. The van der Waals surface area contributed by atoms with Gasteiger partial charge in [-0.3, -0.25) is 0 Å². The molecule has 0 aliphatic carbocycles. The molecule has 0 heterocycles. The third kappa shape index (κ3) is 14.9. The van der Waals surface area contributed by atoms with Crippen LogP contribution >= 0.6 is 0 Å². The summed E-state index contributed by atoms with van der Waals surface area (Å²) >= 11 is 0. The Morgan fingerprint density at radius 3 is 0.842 bits per heavy atom. The molecule has 0 saturated heterocycles. The molecular formula is C15H39BSi3. The number of rotatable bonds is 9. The van der Waals surface area contributed by atoms with Gasteiger partial charge in [-0.15, -0.1) is 0 Å². The first-order valence-electron chi connectivity index (χ1n) is 8.29. The molecule has 0 aromatic carbocycles. The van der Waals surface area contributed by atoms with Crippen LogP contribution in [0.4, 0.5) is 0 Å². The molecule has 0 bridgehead atoms. The fourth-order valence-corrected chi connectivity index (χ4v) is 6.17. The average Bonchev–Trinajstić information content (AvgIpc) is 2.11. The fraction of sp³-hybridized carbons (Fsp3) is 1.00. The van der Waals surface area contributed by atoms with Crippen LogP contribution in [0.15, 0.2) is 0 Å². The van der Waals surface area contributed by atoms with E-state index in [-0.39, 0.29) is 0 Å². The second-order valence-corrected chi connectivity index (χ2v) is 27.0. The molecular weight excluding hydrogens is 275 g/mol. The molecule has 0 aliphatic rings. The van der Waals surface area contributed by atoms with Crippen molar-refractivity contribution in [3.8, 4) is 0 Å². The molecule has 0 amide bonds. The second-order valence-electron chi connectivity index (χ2n) is 10.2. The van der Waals surface area contributed by atoms with Gasteiger partial charge in [-0.1, -0.05) is 96.0 Å². The van der Waals surface area contributed by atoms with Crippen LogP contribution in [0.1, 0.15) is 0 Å². The van der Waals surface area contributed by atoms with Crippen LogP contribution < -0.4 is 0 Å². The van der Waals surface area contributed by atoms with Crippen LogP contribution in [0.25, 0.3) is 0 Å². The Hall–Kier alpha value is 0.716. The third-order valence-corrected chi connectivity index (χ3v) is 9.27. The lowest BCUT2D eigenvalue weighted by molar-refractivity contribution is 1.17.